The summed E-state index contributed by atoms with van der Waals surface area (Å²) in [5.41, 5.74) is 8.31. The van der Waals surface area contributed by atoms with Gasteiger partial charge in [-0.15, -0.1) is 0 Å². The highest BCUT2D eigenvalue weighted by Crippen LogP contribution is 2.31. The summed E-state index contributed by atoms with van der Waals surface area (Å²) < 4.78 is 5.70. The number of halogens is 1. The van der Waals surface area contributed by atoms with Gasteiger partial charge < -0.3 is 10.1 Å². The highest BCUT2D eigenvalue weighted by Gasteiger charge is 2.21. The van der Waals surface area contributed by atoms with Gasteiger partial charge >= 0.3 is 0 Å². The molecule has 4 heterocycles. The van der Waals surface area contributed by atoms with Crippen LogP contribution in [0.1, 0.15) is 22.4 Å². The Morgan fingerprint density at radius 3 is 2.58 bits per heavy atom. The first-order chi connectivity index (χ1) is 17.7. The zero-order valence-electron chi connectivity index (χ0n) is 19.4. The summed E-state index contributed by atoms with van der Waals surface area (Å²) in [5.74, 6) is 1.46. The van der Waals surface area contributed by atoms with E-state index in [4.69, 9.17) is 26.3 Å². The zero-order chi connectivity index (χ0) is 24.3. The number of pyridine rings is 1. The van der Waals surface area contributed by atoms with E-state index < -0.39 is 0 Å². The summed E-state index contributed by atoms with van der Waals surface area (Å²) in [6, 6.07) is 18.5. The number of H-pyrrole nitrogens is 1. The molecule has 0 unspecified atom stereocenters. The topological polar surface area (TPSA) is 88.6 Å². The fraction of sp³-hybridized carbons (Fsp3) is 0.143. The number of nitrogens with one attached hydrogen (secondary N) is 2. The fourth-order valence-corrected chi connectivity index (χ4v) is 4.52. The van der Waals surface area contributed by atoms with E-state index in [2.05, 4.69) is 50.8 Å². The summed E-state index contributed by atoms with van der Waals surface area (Å²) in [6.45, 7) is 0.985. The molecule has 0 fully saturated rings. The van der Waals surface area contributed by atoms with Crippen LogP contribution in [0.25, 0.3) is 22.5 Å². The maximum absolute atomic E-state index is 6.08. The molecule has 1 aliphatic rings. The molecule has 2 aromatic carbocycles. The minimum absolute atomic E-state index is 0.487. The molecular formula is C28H23ClN6O. The standard InChI is InChI=1S/C28H23ClN6O/c29-23-11-19(12-30-15-23)5-4-18-2-1-3-21(10-18)27-34-26-17-36-16-25(26)28(35-27)33-24-8-6-20(7-9-24)22-13-31-32-14-22/h1-3,6-15H,4-5,16-17H2,(H,31,32)(H,33,34,35). The first kappa shape index (κ1) is 22.4. The van der Waals surface area contributed by atoms with Crippen molar-refractivity contribution < 1.29 is 4.74 Å². The van der Waals surface area contributed by atoms with E-state index in [1.807, 2.05) is 42.9 Å². The maximum atomic E-state index is 6.08. The Balaban J connectivity index is 1.25. The Hall–Kier alpha value is -4.07. The van der Waals surface area contributed by atoms with Gasteiger partial charge in [-0.2, -0.15) is 5.10 Å². The second-order valence-corrected chi connectivity index (χ2v) is 9.15. The lowest BCUT2D eigenvalue weighted by Crippen LogP contribution is -2.04. The maximum Gasteiger partial charge on any atom is 0.161 e. The third-order valence-corrected chi connectivity index (χ3v) is 6.41. The lowest BCUT2D eigenvalue weighted by Gasteiger charge is -2.12. The predicted molar refractivity (Wildman–Crippen MR) is 140 cm³/mol. The highest BCUT2D eigenvalue weighted by atomic mass is 35.5. The number of aromatic amines is 1. The molecule has 7 nitrogen and oxygen atoms in total. The average molecular weight is 495 g/mol. The molecule has 36 heavy (non-hydrogen) atoms. The number of ether oxygens (including phenoxy) is 1. The van der Waals surface area contributed by atoms with E-state index in [9.17, 15) is 0 Å². The van der Waals surface area contributed by atoms with Crippen molar-refractivity contribution in [1.29, 1.82) is 0 Å². The number of aryl methyl sites for hydroxylation is 2. The number of aromatic nitrogens is 5. The van der Waals surface area contributed by atoms with Crippen LogP contribution in [0.5, 0.6) is 0 Å². The number of fused-ring (bicyclic) bond motifs is 1. The Bertz CT molecular complexity index is 1500. The first-order valence-electron chi connectivity index (χ1n) is 11.7. The van der Waals surface area contributed by atoms with Crippen LogP contribution in [-0.2, 0) is 30.8 Å². The molecule has 1 aliphatic heterocycles. The van der Waals surface area contributed by atoms with Crippen LogP contribution >= 0.6 is 11.6 Å². The summed E-state index contributed by atoms with van der Waals surface area (Å²) in [7, 11) is 0. The van der Waals surface area contributed by atoms with Gasteiger partial charge in [-0.05, 0) is 53.8 Å². The minimum Gasteiger partial charge on any atom is -0.370 e. The van der Waals surface area contributed by atoms with Gasteiger partial charge in [-0.25, -0.2) is 9.97 Å². The van der Waals surface area contributed by atoms with Crippen molar-refractivity contribution >= 4 is 23.1 Å². The lowest BCUT2D eigenvalue weighted by molar-refractivity contribution is 0.133. The molecule has 6 rings (SSSR count). The second-order valence-electron chi connectivity index (χ2n) is 8.71. The van der Waals surface area contributed by atoms with Gasteiger partial charge in [-0.3, -0.25) is 10.1 Å². The Labute approximate surface area is 213 Å². The Morgan fingerprint density at radius 2 is 1.75 bits per heavy atom. The third-order valence-electron chi connectivity index (χ3n) is 6.21. The molecule has 3 aromatic heterocycles. The van der Waals surface area contributed by atoms with Crippen LogP contribution in [0.4, 0.5) is 11.5 Å². The monoisotopic (exact) mass is 494 g/mol. The SMILES string of the molecule is Clc1cncc(CCc2cccc(-c3nc4c(c(Nc5ccc(-c6cn[nH]c6)cc5)n3)COC4)c2)c1. The number of anilines is 2. The predicted octanol–water partition coefficient (Wildman–Crippen LogP) is 6.14. The molecule has 8 heteroatoms. The van der Waals surface area contributed by atoms with Gasteiger partial charge in [0, 0.05) is 41.0 Å². The van der Waals surface area contributed by atoms with E-state index in [0.29, 0.717) is 24.1 Å². The van der Waals surface area contributed by atoms with Gasteiger partial charge in [0.05, 0.1) is 30.1 Å². The molecule has 0 atom stereocenters. The van der Waals surface area contributed by atoms with Crippen molar-refractivity contribution in [1.82, 2.24) is 25.1 Å². The van der Waals surface area contributed by atoms with Gasteiger partial charge in [0.25, 0.3) is 0 Å². The number of nitrogens with zero attached hydrogens (tertiary/aromatic N) is 4. The number of rotatable bonds is 7. The smallest absolute Gasteiger partial charge is 0.161 e. The lowest BCUT2D eigenvalue weighted by atomic mass is 10.0. The first-order valence-corrected chi connectivity index (χ1v) is 12.1. The molecule has 0 saturated heterocycles. The van der Waals surface area contributed by atoms with Crippen LogP contribution in [0.15, 0.2) is 79.4 Å². The van der Waals surface area contributed by atoms with Gasteiger partial charge in [0.2, 0.25) is 0 Å². The fourth-order valence-electron chi connectivity index (χ4n) is 4.32. The van der Waals surface area contributed by atoms with Crippen LogP contribution < -0.4 is 5.32 Å². The minimum atomic E-state index is 0.487. The summed E-state index contributed by atoms with van der Waals surface area (Å²) in [4.78, 5) is 13.9. The average Bonchev–Trinajstić information content (AvgIpc) is 3.61. The van der Waals surface area contributed by atoms with Gasteiger partial charge in [0.1, 0.15) is 5.82 Å². The van der Waals surface area contributed by atoms with Crippen molar-refractivity contribution in [2.24, 2.45) is 0 Å². The van der Waals surface area contributed by atoms with Crippen LogP contribution in [-0.4, -0.2) is 25.1 Å². The summed E-state index contributed by atoms with van der Waals surface area (Å²) in [5, 5.41) is 11.0. The molecule has 5 aromatic rings. The summed E-state index contributed by atoms with van der Waals surface area (Å²) in [6.07, 6.45) is 8.93. The molecular weight excluding hydrogens is 472 g/mol. The van der Waals surface area contributed by atoms with E-state index in [-0.39, 0.29) is 0 Å². The van der Waals surface area contributed by atoms with E-state index in [1.54, 1.807) is 6.20 Å². The van der Waals surface area contributed by atoms with Gasteiger partial charge in [0.15, 0.2) is 5.82 Å². The largest absolute Gasteiger partial charge is 0.370 e. The molecule has 0 saturated carbocycles. The van der Waals surface area contributed by atoms with E-state index >= 15 is 0 Å². The quantitative estimate of drug-likeness (QED) is 0.282. The number of hydrogen-bond acceptors (Lipinski definition) is 6. The van der Waals surface area contributed by atoms with Gasteiger partial charge in [-0.1, -0.05) is 41.9 Å². The third kappa shape index (κ3) is 4.84. The molecule has 0 spiro atoms. The number of hydrogen-bond donors (Lipinski definition) is 2. The van der Waals surface area contributed by atoms with Crippen molar-refractivity contribution in [2.45, 2.75) is 26.1 Å². The van der Waals surface area contributed by atoms with Crippen LogP contribution in [0.3, 0.4) is 0 Å². The van der Waals surface area contributed by atoms with Crippen LogP contribution in [0, 0.1) is 0 Å². The van der Waals surface area contributed by atoms with Crippen LogP contribution in [0.2, 0.25) is 5.02 Å². The van der Waals surface area contributed by atoms with E-state index in [1.165, 1.54) is 5.56 Å². The Morgan fingerprint density at radius 1 is 0.861 bits per heavy atom. The molecule has 0 amide bonds. The highest BCUT2D eigenvalue weighted by molar-refractivity contribution is 6.30. The van der Waals surface area contributed by atoms with E-state index in [0.717, 1.165) is 57.9 Å². The number of benzene rings is 2. The van der Waals surface area contributed by atoms with Crippen molar-refractivity contribution in [3.05, 3.63) is 107 Å². The normalized spacial score (nSPS) is 12.5. The molecule has 0 aliphatic carbocycles. The molecule has 2 N–H and O–H groups in total. The molecule has 0 bridgehead atoms. The molecule has 178 valence electrons. The van der Waals surface area contributed by atoms with Crippen molar-refractivity contribution in [3.63, 3.8) is 0 Å². The second kappa shape index (κ2) is 9.89. The van der Waals surface area contributed by atoms with Crippen molar-refractivity contribution in [2.75, 3.05) is 5.32 Å². The zero-order valence-corrected chi connectivity index (χ0v) is 20.2. The molecule has 0 radical (unpaired) electrons. The Kier molecular flexibility index (Phi) is 6.15. The van der Waals surface area contributed by atoms with Crippen molar-refractivity contribution in [3.8, 4) is 22.5 Å². The summed E-state index contributed by atoms with van der Waals surface area (Å²) >= 11 is 6.08.